The minimum absolute atomic E-state index is 0.556. The molecule has 0 N–H and O–H groups in total. The molecule has 3 fully saturated rings. The third-order valence-corrected chi connectivity index (χ3v) is 6.40. The lowest BCUT2D eigenvalue weighted by Gasteiger charge is -2.35. The highest BCUT2D eigenvalue weighted by atomic mass is 16.4. The lowest BCUT2D eigenvalue weighted by atomic mass is 9.95. The van der Waals surface area contributed by atoms with Crippen molar-refractivity contribution in [3.8, 4) is 11.5 Å². The van der Waals surface area contributed by atoms with Crippen LogP contribution in [-0.2, 0) is 13.0 Å². The number of hydrogen-bond acceptors (Lipinski definition) is 6. The molecule has 0 radical (unpaired) electrons. The number of benzene rings is 1. The van der Waals surface area contributed by atoms with Crippen LogP contribution in [0.4, 0.5) is 0 Å². The van der Waals surface area contributed by atoms with E-state index in [0.29, 0.717) is 17.8 Å². The van der Waals surface area contributed by atoms with Crippen molar-refractivity contribution in [1.82, 2.24) is 25.0 Å². The van der Waals surface area contributed by atoms with Crippen LogP contribution in [0.5, 0.6) is 0 Å². The first-order valence-electron chi connectivity index (χ1n) is 11.1. The molecule has 3 saturated heterocycles. The van der Waals surface area contributed by atoms with E-state index in [0.717, 1.165) is 37.5 Å². The Morgan fingerprint density at radius 1 is 0.967 bits per heavy atom. The van der Waals surface area contributed by atoms with Crippen molar-refractivity contribution in [1.29, 1.82) is 0 Å². The second-order valence-electron chi connectivity index (χ2n) is 8.62. The fourth-order valence-corrected chi connectivity index (χ4v) is 4.90. The van der Waals surface area contributed by atoms with Crippen LogP contribution >= 0.6 is 0 Å². The van der Waals surface area contributed by atoms with Gasteiger partial charge in [0.05, 0.1) is 12.1 Å². The molecule has 3 aliphatic rings. The topological polar surface area (TPSA) is 58.3 Å². The molecule has 156 valence electrons. The smallest absolute Gasteiger partial charge is 0.249 e. The number of rotatable bonds is 7. The Morgan fingerprint density at radius 2 is 1.90 bits per heavy atom. The van der Waals surface area contributed by atoms with Gasteiger partial charge in [-0.05, 0) is 55.8 Å². The summed E-state index contributed by atoms with van der Waals surface area (Å²) in [6.45, 7) is 5.42. The van der Waals surface area contributed by atoms with Crippen LogP contribution in [0.1, 0.15) is 30.7 Å². The lowest BCUT2D eigenvalue weighted by Crippen LogP contribution is -2.43. The Balaban J connectivity index is 1.18. The number of hydrogen-bond donors (Lipinski definition) is 0. The van der Waals surface area contributed by atoms with Crippen molar-refractivity contribution in [2.24, 2.45) is 5.92 Å². The van der Waals surface area contributed by atoms with E-state index in [-0.39, 0.29) is 0 Å². The number of piperidine rings is 1. The van der Waals surface area contributed by atoms with E-state index in [2.05, 4.69) is 55.3 Å². The van der Waals surface area contributed by atoms with Gasteiger partial charge in [0.1, 0.15) is 0 Å². The molecular formula is C24H29N5O. The summed E-state index contributed by atoms with van der Waals surface area (Å²) >= 11 is 0. The quantitative estimate of drug-likeness (QED) is 0.600. The molecule has 2 unspecified atom stereocenters. The van der Waals surface area contributed by atoms with Crippen LogP contribution in [0.15, 0.2) is 59.3 Å². The summed E-state index contributed by atoms with van der Waals surface area (Å²) in [6, 6.07) is 15.2. The highest BCUT2D eigenvalue weighted by molar-refractivity contribution is 5.49. The third-order valence-electron chi connectivity index (χ3n) is 6.40. The molecule has 3 aliphatic heterocycles. The summed E-state index contributed by atoms with van der Waals surface area (Å²) in [7, 11) is 0. The van der Waals surface area contributed by atoms with Crippen LogP contribution < -0.4 is 0 Å². The van der Waals surface area contributed by atoms with Gasteiger partial charge in [-0.25, -0.2) is 0 Å². The molecule has 0 amide bonds. The molecular weight excluding hydrogens is 374 g/mol. The number of aryl methyl sites for hydroxylation is 1. The van der Waals surface area contributed by atoms with Crippen molar-refractivity contribution in [3.63, 3.8) is 0 Å². The summed E-state index contributed by atoms with van der Waals surface area (Å²) in [5.41, 5.74) is 2.32. The molecule has 2 aromatic heterocycles. The monoisotopic (exact) mass is 403 g/mol. The highest BCUT2D eigenvalue weighted by Gasteiger charge is 2.35. The normalized spacial score (nSPS) is 22.3. The van der Waals surface area contributed by atoms with Crippen molar-refractivity contribution >= 4 is 0 Å². The van der Waals surface area contributed by atoms with Gasteiger partial charge in [0, 0.05) is 38.1 Å². The summed E-state index contributed by atoms with van der Waals surface area (Å²) in [5, 5.41) is 8.53. The van der Waals surface area contributed by atoms with E-state index < -0.39 is 0 Å². The SMILES string of the molecule is c1ccc(CCCN2CC3CCC(C2)N(Cc2nnc(-c4cccnc4)o2)C3)cc1. The summed E-state index contributed by atoms with van der Waals surface area (Å²) in [4.78, 5) is 9.38. The third kappa shape index (κ3) is 4.60. The molecule has 30 heavy (non-hydrogen) atoms. The number of aromatic nitrogens is 3. The Bertz CT molecular complexity index is 929. The van der Waals surface area contributed by atoms with Crippen LogP contribution in [0.2, 0.25) is 0 Å². The first-order chi connectivity index (χ1) is 14.8. The predicted octanol–water partition coefficient (Wildman–Crippen LogP) is 3.66. The number of nitrogens with zero attached hydrogens (tertiary/aromatic N) is 5. The molecule has 2 bridgehead atoms. The van der Waals surface area contributed by atoms with Crippen LogP contribution in [0.25, 0.3) is 11.5 Å². The first kappa shape index (κ1) is 19.4. The van der Waals surface area contributed by atoms with E-state index >= 15 is 0 Å². The Hall–Kier alpha value is -2.57. The second kappa shape index (κ2) is 9.06. The van der Waals surface area contributed by atoms with E-state index in [1.807, 2.05) is 12.1 Å². The second-order valence-corrected chi connectivity index (χ2v) is 8.62. The fourth-order valence-electron chi connectivity index (χ4n) is 4.90. The Kier molecular flexibility index (Phi) is 5.86. The maximum absolute atomic E-state index is 5.94. The van der Waals surface area contributed by atoms with Gasteiger partial charge in [-0.2, -0.15) is 0 Å². The van der Waals surface area contributed by atoms with Crippen LogP contribution in [-0.4, -0.2) is 57.2 Å². The highest BCUT2D eigenvalue weighted by Crippen LogP contribution is 2.29. The molecule has 3 aromatic rings. The fraction of sp³-hybridized carbons (Fsp3) is 0.458. The molecule has 0 saturated carbocycles. The van der Waals surface area contributed by atoms with Gasteiger partial charge in [-0.3, -0.25) is 9.88 Å². The van der Waals surface area contributed by atoms with Gasteiger partial charge in [-0.15, -0.1) is 10.2 Å². The zero-order valence-corrected chi connectivity index (χ0v) is 17.4. The minimum atomic E-state index is 0.556. The van der Waals surface area contributed by atoms with Gasteiger partial charge in [-0.1, -0.05) is 30.3 Å². The molecule has 0 spiro atoms. The van der Waals surface area contributed by atoms with E-state index in [4.69, 9.17) is 4.42 Å². The Labute approximate surface area is 177 Å². The zero-order chi connectivity index (χ0) is 20.2. The van der Waals surface area contributed by atoms with Gasteiger partial charge in [0.2, 0.25) is 11.8 Å². The summed E-state index contributed by atoms with van der Waals surface area (Å²) < 4.78 is 5.94. The molecule has 2 atom stereocenters. The van der Waals surface area contributed by atoms with Crippen molar-refractivity contribution < 1.29 is 4.42 Å². The van der Waals surface area contributed by atoms with E-state index in [1.54, 1.807) is 12.4 Å². The standard InChI is InChI=1S/C24H29N5O/c1-2-6-19(7-3-1)8-5-13-28-15-20-10-11-22(17-28)29(16-20)18-23-26-27-24(30-23)21-9-4-12-25-14-21/h1-4,6-7,9,12,14,20,22H,5,8,10-11,13,15-18H2. The lowest BCUT2D eigenvalue weighted by molar-refractivity contribution is 0.112. The maximum Gasteiger partial charge on any atom is 0.249 e. The largest absolute Gasteiger partial charge is 0.419 e. The number of fused-ring (bicyclic) bond motifs is 4. The Morgan fingerprint density at radius 3 is 2.77 bits per heavy atom. The zero-order valence-electron chi connectivity index (χ0n) is 17.4. The molecule has 6 heteroatoms. The van der Waals surface area contributed by atoms with Gasteiger partial charge < -0.3 is 9.32 Å². The van der Waals surface area contributed by atoms with Crippen LogP contribution in [0, 0.1) is 5.92 Å². The van der Waals surface area contributed by atoms with Crippen molar-refractivity contribution in [3.05, 3.63) is 66.3 Å². The van der Waals surface area contributed by atoms with Gasteiger partial charge in [0.25, 0.3) is 0 Å². The molecule has 6 rings (SSSR count). The van der Waals surface area contributed by atoms with E-state index in [1.165, 1.54) is 37.9 Å². The van der Waals surface area contributed by atoms with Gasteiger partial charge in [0.15, 0.2) is 0 Å². The molecule has 6 nitrogen and oxygen atoms in total. The molecule has 0 aliphatic carbocycles. The molecule has 1 aromatic carbocycles. The van der Waals surface area contributed by atoms with Crippen molar-refractivity contribution in [2.75, 3.05) is 26.2 Å². The predicted molar refractivity (Wildman–Crippen MR) is 116 cm³/mol. The minimum Gasteiger partial charge on any atom is -0.419 e. The van der Waals surface area contributed by atoms with Gasteiger partial charge >= 0.3 is 0 Å². The average molecular weight is 404 g/mol. The van der Waals surface area contributed by atoms with E-state index in [9.17, 15) is 0 Å². The molecule has 5 heterocycles. The number of pyridine rings is 1. The first-order valence-corrected chi connectivity index (χ1v) is 11.1. The summed E-state index contributed by atoms with van der Waals surface area (Å²) in [5.74, 6) is 2.00. The van der Waals surface area contributed by atoms with Crippen LogP contribution in [0.3, 0.4) is 0 Å². The van der Waals surface area contributed by atoms with Crippen molar-refractivity contribution in [2.45, 2.75) is 38.3 Å². The average Bonchev–Trinajstić information content (AvgIpc) is 3.08. The summed E-state index contributed by atoms with van der Waals surface area (Å²) in [6.07, 6.45) is 8.50. The maximum atomic E-state index is 5.94.